The Balaban J connectivity index is 1.47. The van der Waals surface area contributed by atoms with E-state index in [-0.39, 0.29) is 11.4 Å². The van der Waals surface area contributed by atoms with Crippen molar-refractivity contribution in [1.29, 1.82) is 0 Å². The first-order chi connectivity index (χ1) is 13.3. The number of benzene rings is 2. The minimum Gasteiger partial charge on any atom is -0.457 e. The lowest BCUT2D eigenvalue weighted by molar-refractivity contribution is 0.0463. The summed E-state index contributed by atoms with van der Waals surface area (Å²) in [5.74, 6) is 0.544. The highest BCUT2D eigenvalue weighted by molar-refractivity contribution is 5.92. The zero-order valence-corrected chi connectivity index (χ0v) is 15.7. The van der Waals surface area contributed by atoms with Crippen molar-refractivity contribution in [3.8, 4) is 0 Å². The Kier molecular flexibility index (Phi) is 4.28. The Morgan fingerprint density at radius 1 is 1.07 bits per heavy atom. The fraction of sp³-hybridized carbons (Fsp3) is 0.458. The maximum atomic E-state index is 12.9. The van der Waals surface area contributed by atoms with Crippen LogP contribution in [0.5, 0.6) is 0 Å². The molecule has 27 heavy (non-hydrogen) atoms. The van der Waals surface area contributed by atoms with Crippen molar-refractivity contribution in [2.45, 2.75) is 56.6 Å². The minimum absolute atomic E-state index is 0.181. The molecule has 0 amide bonds. The zero-order chi connectivity index (χ0) is 18.3. The van der Waals surface area contributed by atoms with E-state index in [0.717, 1.165) is 30.0 Å². The number of fused-ring (bicyclic) bond motifs is 1. The van der Waals surface area contributed by atoms with E-state index < -0.39 is 0 Å². The Hall–Kier alpha value is -2.13. The summed E-state index contributed by atoms with van der Waals surface area (Å²) in [6, 6.07) is 16.7. The number of hydrogen-bond acceptors (Lipinski definition) is 3. The molecule has 0 spiro atoms. The third-order valence-corrected chi connectivity index (χ3v) is 7.13. The van der Waals surface area contributed by atoms with Crippen LogP contribution in [0.15, 0.2) is 48.5 Å². The van der Waals surface area contributed by atoms with Crippen molar-refractivity contribution >= 4 is 5.97 Å². The zero-order valence-electron chi connectivity index (χ0n) is 15.7. The summed E-state index contributed by atoms with van der Waals surface area (Å²) in [6.45, 7) is 1.43. The van der Waals surface area contributed by atoms with Gasteiger partial charge in [0.1, 0.15) is 6.61 Å². The predicted octanol–water partition coefficient (Wildman–Crippen LogP) is 4.39. The fourth-order valence-corrected chi connectivity index (χ4v) is 5.95. The molecule has 1 saturated carbocycles. The molecule has 5 rings (SSSR count). The number of nitrogens with one attached hydrogen (secondary N) is 1. The normalized spacial score (nSPS) is 28.7. The summed E-state index contributed by atoms with van der Waals surface area (Å²) in [6.07, 6.45) is 7.40. The first-order valence-corrected chi connectivity index (χ1v) is 10.3. The molecule has 0 unspecified atom stereocenters. The van der Waals surface area contributed by atoms with E-state index in [1.165, 1.54) is 43.2 Å². The molecule has 2 aromatic carbocycles. The van der Waals surface area contributed by atoms with Gasteiger partial charge in [0, 0.05) is 11.5 Å². The lowest BCUT2D eigenvalue weighted by Crippen LogP contribution is -2.59. The van der Waals surface area contributed by atoms with E-state index in [0.29, 0.717) is 12.6 Å². The molecule has 1 saturated heterocycles. The molecular weight excluding hydrogens is 334 g/mol. The molecule has 2 aliphatic carbocycles. The summed E-state index contributed by atoms with van der Waals surface area (Å²) in [5, 5.41) is 3.76. The first kappa shape index (κ1) is 17.0. The van der Waals surface area contributed by atoms with Crippen molar-refractivity contribution in [2.75, 3.05) is 6.54 Å². The number of ether oxygens (including phenoxy) is 1. The van der Waals surface area contributed by atoms with E-state index >= 15 is 0 Å². The van der Waals surface area contributed by atoms with Crippen LogP contribution < -0.4 is 5.32 Å². The summed E-state index contributed by atoms with van der Waals surface area (Å²) in [4.78, 5) is 12.9. The topological polar surface area (TPSA) is 38.3 Å². The fourth-order valence-electron chi connectivity index (χ4n) is 5.95. The number of rotatable bonds is 3. The molecule has 1 heterocycles. The third kappa shape index (κ3) is 2.80. The van der Waals surface area contributed by atoms with Gasteiger partial charge in [-0.1, -0.05) is 55.3 Å². The molecule has 3 aliphatic rings. The Morgan fingerprint density at radius 2 is 1.96 bits per heavy atom. The van der Waals surface area contributed by atoms with Crippen LogP contribution in [-0.2, 0) is 23.2 Å². The first-order valence-electron chi connectivity index (χ1n) is 10.3. The van der Waals surface area contributed by atoms with Crippen molar-refractivity contribution < 1.29 is 9.53 Å². The molecule has 3 atom stereocenters. The number of carbonyl (C=O) groups is 1. The lowest BCUT2D eigenvalue weighted by Gasteiger charge is -2.56. The molecular formula is C24H27NO2. The Labute approximate surface area is 161 Å². The van der Waals surface area contributed by atoms with Gasteiger partial charge in [0.15, 0.2) is 0 Å². The molecule has 1 aliphatic heterocycles. The highest BCUT2D eigenvalue weighted by Crippen LogP contribution is 2.54. The molecule has 2 bridgehead atoms. The van der Waals surface area contributed by atoms with Crippen molar-refractivity contribution in [3.05, 3.63) is 70.8 Å². The van der Waals surface area contributed by atoms with Gasteiger partial charge in [-0.05, 0) is 60.9 Å². The second-order valence-corrected chi connectivity index (χ2v) is 8.42. The monoisotopic (exact) mass is 361 g/mol. The maximum Gasteiger partial charge on any atom is 0.338 e. The smallest absolute Gasteiger partial charge is 0.338 e. The van der Waals surface area contributed by atoms with E-state index in [2.05, 4.69) is 17.4 Å². The van der Waals surface area contributed by atoms with Gasteiger partial charge < -0.3 is 10.1 Å². The van der Waals surface area contributed by atoms with Gasteiger partial charge >= 0.3 is 5.97 Å². The quantitative estimate of drug-likeness (QED) is 0.824. The molecule has 0 aromatic heterocycles. The number of hydrogen-bond donors (Lipinski definition) is 1. The summed E-state index contributed by atoms with van der Waals surface area (Å²) < 4.78 is 5.68. The number of piperidine rings is 1. The molecule has 2 fully saturated rings. The van der Waals surface area contributed by atoms with E-state index in [1.54, 1.807) is 0 Å². The highest BCUT2D eigenvalue weighted by Gasteiger charge is 2.52. The van der Waals surface area contributed by atoms with Crippen LogP contribution in [0.25, 0.3) is 0 Å². The SMILES string of the molecule is O=C(OCc1ccccc1)c1cccc2c1C[C@H]1NCC[C@@]23CCCC[C@@H]13. The van der Waals surface area contributed by atoms with Crippen LogP contribution in [0, 0.1) is 5.92 Å². The standard InChI is InChI=1S/C24H27NO2/c26-23(27-16-17-7-2-1-3-8-17)18-9-6-11-20-19(18)15-22-21-10-4-5-12-24(20,21)13-14-25-22/h1-3,6-9,11,21-22,25H,4-5,10,12-16H2/t21-,22+,24-/m0/s1. The Morgan fingerprint density at radius 3 is 2.85 bits per heavy atom. The van der Waals surface area contributed by atoms with Crippen LogP contribution in [-0.4, -0.2) is 18.6 Å². The van der Waals surface area contributed by atoms with Crippen LogP contribution in [0.3, 0.4) is 0 Å². The maximum absolute atomic E-state index is 12.9. The summed E-state index contributed by atoms with van der Waals surface area (Å²) in [5.41, 5.74) is 4.77. The minimum atomic E-state index is -0.181. The van der Waals surface area contributed by atoms with E-state index in [9.17, 15) is 4.79 Å². The van der Waals surface area contributed by atoms with Crippen LogP contribution >= 0.6 is 0 Å². The second kappa shape index (κ2) is 6.79. The van der Waals surface area contributed by atoms with Gasteiger partial charge in [-0.25, -0.2) is 4.79 Å². The number of carbonyl (C=O) groups excluding carboxylic acids is 1. The van der Waals surface area contributed by atoms with Gasteiger partial charge in [-0.3, -0.25) is 0 Å². The van der Waals surface area contributed by atoms with Crippen LogP contribution in [0.4, 0.5) is 0 Å². The molecule has 0 radical (unpaired) electrons. The molecule has 140 valence electrons. The highest BCUT2D eigenvalue weighted by atomic mass is 16.5. The number of esters is 1. The predicted molar refractivity (Wildman–Crippen MR) is 106 cm³/mol. The summed E-state index contributed by atoms with van der Waals surface area (Å²) >= 11 is 0. The summed E-state index contributed by atoms with van der Waals surface area (Å²) in [7, 11) is 0. The average Bonchev–Trinajstić information content (AvgIpc) is 2.72. The molecule has 3 heteroatoms. The van der Waals surface area contributed by atoms with Gasteiger partial charge in [0.2, 0.25) is 0 Å². The van der Waals surface area contributed by atoms with Crippen molar-refractivity contribution in [3.63, 3.8) is 0 Å². The van der Waals surface area contributed by atoms with Crippen molar-refractivity contribution in [2.24, 2.45) is 5.92 Å². The third-order valence-electron chi connectivity index (χ3n) is 7.13. The second-order valence-electron chi connectivity index (χ2n) is 8.42. The molecule has 2 aromatic rings. The Bertz CT molecular complexity index is 843. The lowest BCUT2D eigenvalue weighted by atomic mass is 9.52. The van der Waals surface area contributed by atoms with Gasteiger partial charge in [-0.2, -0.15) is 0 Å². The van der Waals surface area contributed by atoms with E-state index in [4.69, 9.17) is 4.74 Å². The van der Waals surface area contributed by atoms with Crippen LogP contribution in [0.1, 0.15) is 59.2 Å². The van der Waals surface area contributed by atoms with Gasteiger partial charge in [0.05, 0.1) is 5.56 Å². The average molecular weight is 361 g/mol. The molecule has 3 nitrogen and oxygen atoms in total. The van der Waals surface area contributed by atoms with Crippen molar-refractivity contribution in [1.82, 2.24) is 5.32 Å². The molecule has 1 N–H and O–H groups in total. The van der Waals surface area contributed by atoms with Gasteiger partial charge in [-0.15, -0.1) is 0 Å². The van der Waals surface area contributed by atoms with Gasteiger partial charge in [0.25, 0.3) is 0 Å². The van der Waals surface area contributed by atoms with Crippen LogP contribution in [0.2, 0.25) is 0 Å². The van der Waals surface area contributed by atoms with E-state index in [1.807, 2.05) is 36.4 Å². The largest absolute Gasteiger partial charge is 0.457 e.